The van der Waals surface area contributed by atoms with E-state index in [1.54, 1.807) is 24.7 Å². The minimum Gasteiger partial charge on any atom is -0.397 e. The van der Waals surface area contributed by atoms with Crippen LogP contribution in [0.15, 0.2) is 36.8 Å². The number of rotatable bonds is 4. The molecular weight excluding hydrogens is 216 g/mol. The lowest BCUT2D eigenvalue weighted by molar-refractivity contribution is 0.0950. The number of anilines is 1. The largest absolute Gasteiger partial charge is 0.397 e. The predicted octanol–water partition coefficient (Wildman–Crippen LogP) is 0.964. The van der Waals surface area contributed by atoms with Crippen molar-refractivity contribution in [2.24, 2.45) is 0 Å². The summed E-state index contributed by atoms with van der Waals surface area (Å²) in [5.74, 6) is -0.143. The number of aromatic nitrogens is 2. The number of pyridine rings is 1. The molecular formula is C12H14N4O. The Morgan fingerprint density at radius 3 is 2.82 bits per heavy atom. The first-order valence-electron chi connectivity index (χ1n) is 5.37. The lowest BCUT2D eigenvalue weighted by atomic mass is 10.2. The molecule has 5 heteroatoms. The van der Waals surface area contributed by atoms with Gasteiger partial charge >= 0.3 is 0 Å². The van der Waals surface area contributed by atoms with Crippen molar-refractivity contribution in [2.75, 3.05) is 12.3 Å². The van der Waals surface area contributed by atoms with Gasteiger partial charge in [-0.05, 0) is 30.2 Å². The number of hydrogen-bond acceptors (Lipinski definition) is 3. The van der Waals surface area contributed by atoms with Crippen LogP contribution in [0.4, 0.5) is 5.69 Å². The molecule has 0 spiro atoms. The number of carbonyl (C=O) groups is 1. The SMILES string of the molecule is Nc1c[nH]c(C(=O)NCCc2ccncc2)c1. The summed E-state index contributed by atoms with van der Waals surface area (Å²) in [4.78, 5) is 18.4. The minimum atomic E-state index is -0.143. The lowest BCUT2D eigenvalue weighted by Crippen LogP contribution is -2.25. The summed E-state index contributed by atoms with van der Waals surface area (Å²) in [7, 11) is 0. The molecule has 0 radical (unpaired) electrons. The number of nitrogens with two attached hydrogens (primary N) is 1. The van der Waals surface area contributed by atoms with Crippen LogP contribution in [0.2, 0.25) is 0 Å². The van der Waals surface area contributed by atoms with E-state index in [1.165, 1.54) is 0 Å². The van der Waals surface area contributed by atoms with E-state index in [1.807, 2.05) is 12.1 Å². The van der Waals surface area contributed by atoms with Crippen molar-refractivity contribution < 1.29 is 4.79 Å². The molecule has 0 bridgehead atoms. The Labute approximate surface area is 99.1 Å². The van der Waals surface area contributed by atoms with Gasteiger partial charge in [-0.1, -0.05) is 0 Å². The van der Waals surface area contributed by atoms with Gasteiger partial charge in [-0.15, -0.1) is 0 Å². The molecule has 0 aliphatic rings. The van der Waals surface area contributed by atoms with Crippen LogP contribution in [0, 0.1) is 0 Å². The summed E-state index contributed by atoms with van der Waals surface area (Å²) in [6, 6.07) is 5.47. The molecule has 0 saturated carbocycles. The lowest BCUT2D eigenvalue weighted by Gasteiger charge is -2.03. The Bertz CT molecular complexity index is 492. The van der Waals surface area contributed by atoms with E-state index in [-0.39, 0.29) is 5.91 Å². The van der Waals surface area contributed by atoms with Gasteiger partial charge in [0.1, 0.15) is 5.69 Å². The van der Waals surface area contributed by atoms with Crippen molar-refractivity contribution in [1.82, 2.24) is 15.3 Å². The first-order chi connectivity index (χ1) is 8.25. The summed E-state index contributed by atoms with van der Waals surface area (Å²) in [6.07, 6.45) is 5.86. The van der Waals surface area contributed by atoms with E-state index in [4.69, 9.17) is 5.73 Å². The number of nitrogens with one attached hydrogen (secondary N) is 2. The second-order valence-electron chi connectivity index (χ2n) is 3.71. The molecule has 4 N–H and O–H groups in total. The van der Waals surface area contributed by atoms with Gasteiger partial charge in [0.15, 0.2) is 0 Å². The second-order valence-corrected chi connectivity index (χ2v) is 3.71. The topological polar surface area (TPSA) is 83.8 Å². The fourth-order valence-electron chi connectivity index (χ4n) is 1.51. The number of nitrogens with zero attached hydrogens (tertiary/aromatic N) is 1. The van der Waals surface area contributed by atoms with Crippen LogP contribution in [0.25, 0.3) is 0 Å². The average Bonchev–Trinajstić information content (AvgIpc) is 2.77. The minimum absolute atomic E-state index is 0.143. The molecule has 88 valence electrons. The molecule has 2 aromatic heterocycles. The fourth-order valence-corrected chi connectivity index (χ4v) is 1.51. The Morgan fingerprint density at radius 1 is 1.41 bits per heavy atom. The molecule has 0 aliphatic heterocycles. The van der Waals surface area contributed by atoms with Crippen LogP contribution in [0.3, 0.4) is 0 Å². The number of H-pyrrole nitrogens is 1. The van der Waals surface area contributed by atoms with Gasteiger partial charge in [-0.2, -0.15) is 0 Å². The summed E-state index contributed by atoms with van der Waals surface area (Å²) in [5, 5.41) is 2.81. The molecule has 1 amide bonds. The molecule has 2 rings (SSSR count). The van der Waals surface area contributed by atoms with Gasteiger partial charge in [-0.3, -0.25) is 9.78 Å². The van der Waals surface area contributed by atoms with Crippen LogP contribution >= 0.6 is 0 Å². The Hall–Kier alpha value is -2.30. The molecule has 0 aliphatic carbocycles. The van der Waals surface area contributed by atoms with Gasteiger partial charge in [0.05, 0.1) is 0 Å². The highest BCUT2D eigenvalue weighted by atomic mass is 16.1. The molecule has 0 atom stereocenters. The number of nitrogen functional groups attached to an aromatic ring is 1. The maximum absolute atomic E-state index is 11.6. The van der Waals surface area contributed by atoms with Crippen LogP contribution in [-0.2, 0) is 6.42 Å². The summed E-state index contributed by atoms with van der Waals surface area (Å²) >= 11 is 0. The van der Waals surface area contributed by atoms with Crippen molar-refractivity contribution in [3.8, 4) is 0 Å². The third-order valence-electron chi connectivity index (χ3n) is 2.40. The number of aromatic amines is 1. The Morgan fingerprint density at radius 2 is 2.18 bits per heavy atom. The molecule has 2 heterocycles. The zero-order valence-corrected chi connectivity index (χ0v) is 9.31. The molecule has 0 saturated heterocycles. The molecule has 0 unspecified atom stereocenters. The van der Waals surface area contributed by atoms with Gasteiger partial charge in [0.25, 0.3) is 5.91 Å². The van der Waals surface area contributed by atoms with E-state index in [9.17, 15) is 4.79 Å². The highest BCUT2D eigenvalue weighted by Gasteiger charge is 2.06. The summed E-state index contributed by atoms with van der Waals surface area (Å²) < 4.78 is 0. The van der Waals surface area contributed by atoms with Gasteiger partial charge in [-0.25, -0.2) is 0 Å². The highest BCUT2D eigenvalue weighted by Crippen LogP contribution is 2.04. The van der Waals surface area contributed by atoms with Crippen molar-refractivity contribution in [3.05, 3.63) is 48.0 Å². The second kappa shape index (κ2) is 5.16. The first-order valence-corrected chi connectivity index (χ1v) is 5.37. The van der Waals surface area contributed by atoms with Crippen LogP contribution in [0.1, 0.15) is 16.1 Å². The molecule has 5 nitrogen and oxygen atoms in total. The fraction of sp³-hybridized carbons (Fsp3) is 0.167. The van der Waals surface area contributed by atoms with Gasteiger partial charge < -0.3 is 16.0 Å². The normalized spacial score (nSPS) is 10.1. The van der Waals surface area contributed by atoms with E-state index < -0.39 is 0 Å². The zero-order chi connectivity index (χ0) is 12.1. The molecule has 2 aromatic rings. The van der Waals surface area contributed by atoms with Crippen LogP contribution in [0.5, 0.6) is 0 Å². The number of carbonyl (C=O) groups excluding carboxylic acids is 1. The number of amides is 1. The smallest absolute Gasteiger partial charge is 0.267 e. The van der Waals surface area contributed by atoms with Crippen molar-refractivity contribution in [3.63, 3.8) is 0 Å². The highest BCUT2D eigenvalue weighted by molar-refractivity contribution is 5.93. The standard InChI is InChI=1S/C12H14N4O/c13-10-7-11(16-8-10)12(17)15-6-3-9-1-4-14-5-2-9/h1-2,4-5,7-8,16H,3,6,13H2,(H,15,17). The van der Waals surface area contributed by atoms with E-state index >= 15 is 0 Å². The van der Waals surface area contributed by atoms with E-state index in [2.05, 4.69) is 15.3 Å². The Balaban J connectivity index is 1.81. The zero-order valence-electron chi connectivity index (χ0n) is 9.31. The maximum atomic E-state index is 11.6. The van der Waals surface area contributed by atoms with Crippen molar-refractivity contribution in [2.45, 2.75) is 6.42 Å². The molecule has 0 fully saturated rings. The maximum Gasteiger partial charge on any atom is 0.267 e. The van der Waals surface area contributed by atoms with Crippen LogP contribution in [-0.4, -0.2) is 22.4 Å². The summed E-state index contributed by atoms with van der Waals surface area (Å²) in [5.41, 5.74) is 7.71. The summed E-state index contributed by atoms with van der Waals surface area (Å²) in [6.45, 7) is 0.585. The molecule has 17 heavy (non-hydrogen) atoms. The van der Waals surface area contributed by atoms with Gasteiger partial charge in [0.2, 0.25) is 0 Å². The molecule has 0 aromatic carbocycles. The first kappa shape index (κ1) is 11.2. The monoisotopic (exact) mass is 230 g/mol. The average molecular weight is 230 g/mol. The predicted molar refractivity (Wildman–Crippen MR) is 65.5 cm³/mol. The quantitative estimate of drug-likeness (QED) is 0.731. The van der Waals surface area contributed by atoms with Crippen molar-refractivity contribution >= 4 is 11.6 Å². The van der Waals surface area contributed by atoms with Crippen LogP contribution < -0.4 is 11.1 Å². The van der Waals surface area contributed by atoms with Gasteiger partial charge in [0, 0.05) is 30.8 Å². The Kier molecular flexibility index (Phi) is 3.40. The van der Waals surface area contributed by atoms with E-state index in [0.717, 1.165) is 12.0 Å². The number of hydrogen-bond donors (Lipinski definition) is 3. The third-order valence-corrected chi connectivity index (χ3v) is 2.40. The third kappa shape index (κ3) is 3.07. The van der Waals surface area contributed by atoms with Crippen molar-refractivity contribution in [1.29, 1.82) is 0 Å². The van der Waals surface area contributed by atoms with E-state index in [0.29, 0.717) is 17.9 Å².